The first-order valence-corrected chi connectivity index (χ1v) is 16.9. The predicted octanol–water partition coefficient (Wildman–Crippen LogP) is 9.65. The van der Waals surface area contributed by atoms with Crippen LogP contribution in [0.3, 0.4) is 0 Å². The molecule has 0 aromatic rings. The molecule has 0 aromatic carbocycles. The molecule has 0 saturated carbocycles. The second kappa shape index (κ2) is 28.9. The minimum absolute atomic E-state index is 0.0682. The Hall–Kier alpha value is -1.59. The number of hydrogen-bond acceptors (Lipinski definition) is 6. The number of unbranched alkanes of at least 4 members (excludes halogenated alkanes) is 16. The van der Waals surface area contributed by atoms with E-state index in [0.29, 0.717) is 19.3 Å². The summed E-state index contributed by atoms with van der Waals surface area (Å²) in [5.74, 6) is -0.113. The fraction of sp³-hybridized carbons (Fsp3) is 0.912. The second-order valence-corrected chi connectivity index (χ2v) is 11.9. The molecule has 0 amide bonds. The molecular weight excluding hydrogens is 504 g/mol. The Labute approximate surface area is 247 Å². The van der Waals surface area contributed by atoms with E-state index in [1.807, 2.05) is 0 Å². The molecule has 6 heteroatoms. The smallest absolute Gasteiger partial charge is 0.306 e. The lowest BCUT2D eigenvalue weighted by molar-refractivity contribution is -0.167. The largest absolute Gasteiger partial charge is 0.462 e. The minimum atomic E-state index is -0.754. The van der Waals surface area contributed by atoms with Crippen molar-refractivity contribution in [1.29, 1.82) is 0 Å². The predicted molar refractivity (Wildman–Crippen MR) is 164 cm³/mol. The molecule has 0 spiro atoms. The van der Waals surface area contributed by atoms with Crippen molar-refractivity contribution in [2.75, 3.05) is 13.2 Å². The van der Waals surface area contributed by atoms with Crippen LogP contribution in [-0.2, 0) is 28.6 Å². The summed E-state index contributed by atoms with van der Waals surface area (Å²) in [4.78, 5) is 36.9. The van der Waals surface area contributed by atoms with Crippen molar-refractivity contribution in [3.63, 3.8) is 0 Å². The Morgan fingerprint density at radius 3 is 1.23 bits per heavy atom. The summed E-state index contributed by atoms with van der Waals surface area (Å²) >= 11 is 0. The Balaban J connectivity index is 4.31. The lowest BCUT2D eigenvalue weighted by Crippen LogP contribution is -2.30. The third kappa shape index (κ3) is 28.0. The van der Waals surface area contributed by atoms with Gasteiger partial charge in [0.15, 0.2) is 6.10 Å². The monoisotopic (exact) mass is 568 g/mol. The lowest BCUT2D eigenvalue weighted by Gasteiger charge is -2.18. The van der Waals surface area contributed by atoms with Gasteiger partial charge >= 0.3 is 17.9 Å². The Kier molecular flexibility index (Phi) is 27.8. The number of carbonyl (C=O) groups is 3. The zero-order valence-electron chi connectivity index (χ0n) is 26.8. The first kappa shape index (κ1) is 38.4. The van der Waals surface area contributed by atoms with E-state index in [-0.39, 0.29) is 31.1 Å². The van der Waals surface area contributed by atoms with E-state index in [1.165, 1.54) is 64.2 Å². The van der Waals surface area contributed by atoms with Crippen LogP contribution in [0.5, 0.6) is 0 Å². The number of hydrogen-bond donors (Lipinski definition) is 0. The summed E-state index contributed by atoms with van der Waals surface area (Å²) in [6, 6.07) is 0. The number of carbonyl (C=O) groups excluding carboxylic acids is 3. The normalized spacial score (nSPS) is 11.9. The van der Waals surface area contributed by atoms with Gasteiger partial charge in [0, 0.05) is 19.3 Å². The molecule has 0 aromatic heterocycles. The van der Waals surface area contributed by atoms with Gasteiger partial charge in [-0.25, -0.2) is 0 Å². The average Bonchev–Trinajstić information content (AvgIpc) is 2.92. The van der Waals surface area contributed by atoms with E-state index in [1.54, 1.807) is 0 Å². The van der Waals surface area contributed by atoms with Crippen LogP contribution in [0, 0.1) is 5.92 Å². The topological polar surface area (TPSA) is 78.9 Å². The standard InChI is InChI=1S/C34H64O6/c1-5-7-9-11-13-19-23-27-34(37)40-31(28-38-32(35)25-21-16-10-8-6-2)29-39-33(36)26-22-18-15-12-14-17-20-24-30(3)4/h30-31H,5-29H2,1-4H3/t31-/m0/s1. The van der Waals surface area contributed by atoms with Crippen molar-refractivity contribution in [3.05, 3.63) is 0 Å². The van der Waals surface area contributed by atoms with Gasteiger partial charge in [-0.15, -0.1) is 0 Å². The maximum Gasteiger partial charge on any atom is 0.306 e. The SMILES string of the molecule is CCCCCCCCCC(=O)O[C@@H](COC(=O)CCCCCCC)COC(=O)CCCCCCCCCC(C)C. The molecule has 236 valence electrons. The molecule has 0 aliphatic rings. The molecule has 0 aliphatic heterocycles. The van der Waals surface area contributed by atoms with E-state index in [9.17, 15) is 14.4 Å². The first-order chi connectivity index (χ1) is 19.4. The van der Waals surface area contributed by atoms with Gasteiger partial charge in [-0.05, 0) is 25.2 Å². The molecule has 0 unspecified atom stereocenters. The number of rotatable bonds is 29. The first-order valence-electron chi connectivity index (χ1n) is 16.9. The molecule has 0 fully saturated rings. The van der Waals surface area contributed by atoms with Gasteiger partial charge in [0.25, 0.3) is 0 Å². The van der Waals surface area contributed by atoms with Crippen LogP contribution in [0.25, 0.3) is 0 Å². The number of esters is 3. The fourth-order valence-electron chi connectivity index (χ4n) is 4.68. The average molecular weight is 569 g/mol. The van der Waals surface area contributed by atoms with Crippen molar-refractivity contribution >= 4 is 17.9 Å². The van der Waals surface area contributed by atoms with Crippen LogP contribution in [-0.4, -0.2) is 37.2 Å². The van der Waals surface area contributed by atoms with Crippen molar-refractivity contribution in [1.82, 2.24) is 0 Å². The van der Waals surface area contributed by atoms with Gasteiger partial charge in [0.2, 0.25) is 0 Å². The van der Waals surface area contributed by atoms with Crippen LogP contribution in [0.2, 0.25) is 0 Å². The van der Waals surface area contributed by atoms with Gasteiger partial charge in [0.05, 0.1) is 0 Å². The van der Waals surface area contributed by atoms with Crippen LogP contribution < -0.4 is 0 Å². The van der Waals surface area contributed by atoms with E-state index in [2.05, 4.69) is 27.7 Å². The third-order valence-electron chi connectivity index (χ3n) is 7.29. The molecule has 1 atom stereocenters. The molecule has 0 saturated heterocycles. The van der Waals surface area contributed by atoms with Crippen molar-refractivity contribution in [3.8, 4) is 0 Å². The Morgan fingerprint density at radius 2 is 0.825 bits per heavy atom. The van der Waals surface area contributed by atoms with Crippen LogP contribution in [0.15, 0.2) is 0 Å². The molecular formula is C34H64O6. The molecule has 0 N–H and O–H groups in total. The molecule has 0 heterocycles. The summed E-state index contributed by atoms with van der Waals surface area (Å²) in [6.45, 7) is 8.76. The van der Waals surface area contributed by atoms with E-state index >= 15 is 0 Å². The van der Waals surface area contributed by atoms with Crippen LogP contribution in [0.1, 0.15) is 175 Å². The fourth-order valence-corrected chi connectivity index (χ4v) is 4.68. The highest BCUT2D eigenvalue weighted by Crippen LogP contribution is 2.14. The lowest BCUT2D eigenvalue weighted by atomic mass is 10.0. The highest BCUT2D eigenvalue weighted by Gasteiger charge is 2.19. The maximum atomic E-state index is 12.4. The molecule has 0 bridgehead atoms. The second-order valence-electron chi connectivity index (χ2n) is 11.9. The van der Waals surface area contributed by atoms with Crippen molar-refractivity contribution < 1.29 is 28.6 Å². The third-order valence-corrected chi connectivity index (χ3v) is 7.29. The van der Waals surface area contributed by atoms with E-state index in [0.717, 1.165) is 70.1 Å². The van der Waals surface area contributed by atoms with E-state index < -0.39 is 6.10 Å². The highest BCUT2D eigenvalue weighted by atomic mass is 16.6. The van der Waals surface area contributed by atoms with Gasteiger partial charge in [-0.1, -0.05) is 137 Å². The van der Waals surface area contributed by atoms with Gasteiger partial charge < -0.3 is 14.2 Å². The van der Waals surface area contributed by atoms with Crippen LogP contribution in [0.4, 0.5) is 0 Å². The van der Waals surface area contributed by atoms with E-state index in [4.69, 9.17) is 14.2 Å². The summed E-state index contributed by atoms with van der Waals surface area (Å²) in [5.41, 5.74) is 0. The summed E-state index contributed by atoms with van der Waals surface area (Å²) in [7, 11) is 0. The molecule has 0 radical (unpaired) electrons. The zero-order valence-corrected chi connectivity index (χ0v) is 26.8. The molecule has 0 aliphatic carbocycles. The minimum Gasteiger partial charge on any atom is -0.462 e. The molecule has 0 rings (SSSR count). The number of ether oxygens (including phenoxy) is 3. The molecule has 6 nitrogen and oxygen atoms in total. The summed E-state index contributed by atoms with van der Waals surface area (Å²) in [5, 5.41) is 0. The Morgan fingerprint density at radius 1 is 0.475 bits per heavy atom. The van der Waals surface area contributed by atoms with Crippen LogP contribution >= 0.6 is 0 Å². The maximum absolute atomic E-state index is 12.4. The van der Waals surface area contributed by atoms with Crippen molar-refractivity contribution in [2.24, 2.45) is 5.92 Å². The van der Waals surface area contributed by atoms with Gasteiger partial charge in [-0.3, -0.25) is 14.4 Å². The zero-order chi connectivity index (χ0) is 29.7. The summed E-state index contributed by atoms with van der Waals surface area (Å²) < 4.78 is 16.4. The van der Waals surface area contributed by atoms with Gasteiger partial charge in [-0.2, -0.15) is 0 Å². The molecule has 40 heavy (non-hydrogen) atoms. The highest BCUT2D eigenvalue weighted by molar-refractivity contribution is 5.71. The van der Waals surface area contributed by atoms with Crippen molar-refractivity contribution in [2.45, 2.75) is 181 Å². The summed E-state index contributed by atoms with van der Waals surface area (Å²) in [6.07, 6.45) is 22.8. The quantitative estimate of drug-likeness (QED) is 0.0508. The Bertz CT molecular complexity index is 603. The van der Waals surface area contributed by atoms with Gasteiger partial charge in [0.1, 0.15) is 13.2 Å².